The maximum absolute atomic E-state index is 12.7. The molecule has 10 heteroatoms. The third-order valence-electron chi connectivity index (χ3n) is 8.93. The Labute approximate surface area is 354 Å². The van der Waals surface area contributed by atoms with E-state index in [9.17, 15) is 19.0 Å². The predicted octanol–water partition coefficient (Wildman–Crippen LogP) is 12.2. The first-order valence-electron chi connectivity index (χ1n) is 22.3. The van der Waals surface area contributed by atoms with Crippen LogP contribution in [0.3, 0.4) is 0 Å². The number of nitrogens with zero attached hydrogens (tertiary/aromatic N) is 1. The molecule has 0 aliphatic rings. The summed E-state index contributed by atoms with van der Waals surface area (Å²) in [6.45, 7) is 4.01. The van der Waals surface area contributed by atoms with Crippen LogP contribution in [0.5, 0.6) is 0 Å². The molecule has 9 nitrogen and oxygen atoms in total. The number of likely N-dealkylation sites (N-methyl/N-ethyl adjacent to an activating group) is 1. The monoisotopic (exact) mass is 832 g/mol. The van der Waals surface area contributed by atoms with Crippen molar-refractivity contribution in [3.8, 4) is 0 Å². The van der Waals surface area contributed by atoms with Crippen molar-refractivity contribution in [3.05, 3.63) is 85.1 Å². The highest BCUT2D eigenvalue weighted by Gasteiger charge is 2.21. The zero-order valence-corrected chi connectivity index (χ0v) is 38.1. The molecule has 0 aromatic rings. The fourth-order valence-electron chi connectivity index (χ4n) is 5.43. The lowest BCUT2D eigenvalue weighted by atomic mass is 10.1. The maximum Gasteiger partial charge on any atom is 0.306 e. The molecule has 0 aromatic heterocycles. The molecule has 1 unspecified atom stereocenters. The van der Waals surface area contributed by atoms with Gasteiger partial charge < -0.3 is 27.9 Å². The van der Waals surface area contributed by atoms with Gasteiger partial charge in [-0.1, -0.05) is 144 Å². The Morgan fingerprint density at radius 1 is 0.569 bits per heavy atom. The van der Waals surface area contributed by atoms with Crippen LogP contribution in [-0.4, -0.2) is 70.0 Å². The predicted molar refractivity (Wildman–Crippen MR) is 240 cm³/mol. The Hall–Kier alpha value is -2.81. The number of carbonyl (C=O) groups excluding carboxylic acids is 2. The zero-order valence-electron chi connectivity index (χ0n) is 37.2. The summed E-state index contributed by atoms with van der Waals surface area (Å²) in [5.41, 5.74) is 0. The maximum atomic E-state index is 12.7. The van der Waals surface area contributed by atoms with Gasteiger partial charge in [0.2, 0.25) is 0 Å². The molecular formula is C48H82NO8P. The summed E-state index contributed by atoms with van der Waals surface area (Å²) in [5, 5.41) is 0. The highest BCUT2D eigenvalue weighted by molar-refractivity contribution is 7.45. The Morgan fingerprint density at radius 3 is 1.59 bits per heavy atom. The van der Waals surface area contributed by atoms with Gasteiger partial charge in [0.05, 0.1) is 27.7 Å². The molecular weight excluding hydrogens is 750 g/mol. The van der Waals surface area contributed by atoms with Gasteiger partial charge in [-0.25, -0.2) is 0 Å². The lowest BCUT2D eigenvalue weighted by Gasteiger charge is -2.28. The highest BCUT2D eigenvalue weighted by atomic mass is 31.2. The van der Waals surface area contributed by atoms with Gasteiger partial charge in [-0.15, -0.1) is 0 Å². The van der Waals surface area contributed by atoms with Crippen LogP contribution in [0, 0.1) is 0 Å². The van der Waals surface area contributed by atoms with Gasteiger partial charge in [-0.2, -0.15) is 0 Å². The second kappa shape index (κ2) is 39.6. The fourth-order valence-corrected chi connectivity index (χ4v) is 6.16. The molecule has 0 fully saturated rings. The van der Waals surface area contributed by atoms with Crippen molar-refractivity contribution in [1.29, 1.82) is 0 Å². The van der Waals surface area contributed by atoms with E-state index >= 15 is 0 Å². The summed E-state index contributed by atoms with van der Waals surface area (Å²) in [6.07, 6.45) is 50.3. The van der Waals surface area contributed by atoms with Gasteiger partial charge >= 0.3 is 11.9 Å². The third-order valence-corrected chi connectivity index (χ3v) is 9.89. The summed E-state index contributed by atoms with van der Waals surface area (Å²) >= 11 is 0. The van der Waals surface area contributed by atoms with Gasteiger partial charge in [0.15, 0.2) is 6.10 Å². The van der Waals surface area contributed by atoms with E-state index in [0.717, 1.165) is 89.9 Å². The lowest BCUT2D eigenvalue weighted by Crippen LogP contribution is -2.37. The molecule has 0 bridgehead atoms. The van der Waals surface area contributed by atoms with Crippen LogP contribution < -0.4 is 4.89 Å². The smallest absolute Gasteiger partial charge is 0.306 e. The van der Waals surface area contributed by atoms with E-state index in [2.05, 4.69) is 98.9 Å². The number of allylic oxidation sites excluding steroid dienone is 14. The number of unbranched alkanes of at least 4 members (excludes halogenated alkanes) is 12. The number of ether oxygens (including phenoxy) is 2. The molecule has 0 saturated carbocycles. The molecule has 0 aliphatic heterocycles. The Morgan fingerprint density at radius 2 is 1.03 bits per heavy atom. The topological polar surface area (TPSA) is 111 Å². The largest absolute Gasteiger partial charge is 0.756 e. The molecule has 58 heavy (non-hydrogen) atoms. The van der Waals surface area contributed by atoms with E-state index in [1.807, 2.05) is 21.1 Å². The van der Waals surface area contributed by atoms with E-state index in [1.165, 1.54) is 25.7 Å². The molecule has 0 saturated heterocycles. The van der Waals surface area contributed by atoms with Crippen LogP contribution in [0.25, 0.3) is 0 Å². The molecule has 332 valence electrons. The first-order valence-corrected chi connectivity index (χ1v) is 23.8. The van der Waals surface area contributed by atoms with Crippen molar-refractivity contribution in [2.75, 3.05) is 47.5 Å². The normalized spacial score (nSPS) is 14.4. The van der Waals surface area contributed by atoms with E-state index in [-0.39, 0.29) is 26.1 Å². The standard InChI is InChI=1S/C48H82NO8P/c1-6-8-10-12-14-16-18-20-22-23-24-25-27-28-30-32-34-36-38-40-47(50)54-44-46(45-56-58(52,53)55-43-42-49(3,4)5)57-48(51)41-39-37-35-33-31-29-26-21-19-17-15-13-11-9-7-2/h8,10,14,16-17,19-22,24-26,28,30,46H,6-7,9,11-13,15,18,23,27,29,31-45H2,1-5H3/b10-8+,16-14+,19-17+,22-20+,25-24+,26-21+,30-28+/t46-/m1/s1. The second-order valence-corrected chi connectivity index (χ2v) is 17.1. The summed E-state index contributed by atoms with van der Waals surface area (Å²) in [7, 11) is 1.12. The van der Waals surface area contributed by atoms with Crippen molar-refractivity contribution >= 4 is 19.8 Å². The molecule has 0 spiro atoms. The minimum absolute atomic E-state index is 0.0443. The van der Waals surface area contributed by atoms with E-state index in [0.29, 0.717) is 23.9 Å². The number of esters is 2. The summed E-state index contributed by atoms with van der Waals surface area (Å²) in [5.74, 6) is -0.899. The van der Waals surface area contributed by atoms with E-state index in [1.54, 1.807) is 0 Å². The summed E-state index contributed by atoms with van der Waals surface area (Å²) < 4.78 is 33.9. The number of phosphoric ester groups is 1. The average Bonchev–Trinajstić information content (AvgIpc) is 3.17. The first kappa shape index (κ1) is 55.2. The molecule has 0 amide bonds. The minimum Gasteiger partial charge on any atom is -0.756 e. The third kappa shape index (κ3) is 42.8. The number of hydrogen-bond donors (Lipinski definition) is 0. The van der Waals surface area contributed by atoms with Gasteiger partial charge in [-0.3, -0.25) is 14.2 Å². The van der Waals surface area contributed by atoms with Crippen molar-refractivity contribution < 1.29 is 42.1 Å². The number of quaternary nitrogens is 1. The Kier molecular flexibility index (Phi) is 37.7. The van der Waals surface area contributed by atoms with Gasteiger partial charge in [-0.05, 0) is 83.5 Å². The summed E-state index contributed by atoms with van der Waals surface area (Å²) in [4.78, 5) is 37.5. The van der Waals surface area contributed by atoms with Gasteiger partial charge in [0.1, 0.15) is 19.8 Å². The number of rotatable bonds is 39. The van der Waals surface area contributed by atoms with Crippen LogP contribution in [0.2, 0.25) is 0 Å². The van der Waals surface area contributed by atoms with Crippen LogP contribution in [-0.2, 0) is 32.7 Å². The van der Waals surface area contributed by atoms with Crippen LogP contribution >= 0.6 is 7.82 Å². The number of carbonyl (C=O) groups is 2. The van der Waals surface area contributed by atoms with Gasteiger partial charge in [0.25, 0.3) is 7.82 Å². The van der Waals surface area contributed by atoms with Crippen molar-refractivity contribution in [1.82, 2.24) is 0 Å². The van der Waals surface area contributed by atoms with E-state index in [4.69, 9.17) is 18.5 Å². The van der Waals surface area contributed by atoms with Crippen molar-refractivity contribution in [2.24, 2.45) is 0 Å². The molecule has 0 N–H and O–H groups in total. The Bertz CT molecular complexity index is 1260. The SMILES string of the molecule is CC/C=C/C/C=C/C/C=C/C/C=C/C/C=C/CCCCCC(=O)OC[C@H](COP(=O)([O-])OCC[N+](C)(C)C)OC(=O)CCCCCCC/C=C/C=C/CCCCCC. The fraction of sp³-hybridized carbons (Fsp3) is 0.667. The summed E-state index contributed by atoms with van der Waals surface area (Å²) in [6, 6.07) is 0. The van der Waals surface area contributed by atoms with E-state index < -0.39 is 32.5 Å². The molecule has 0 radical (unpaired) electrons. The number of phosphoric acid groups is 1. The minimum atomic E-state index is -4.64. The lowest BCUT2D eigenvalue weighted by molar-refractivity contribution is -0.870. The number of hydrogen-bond acceptors (Lipinski definition) is 8. The first-order chi connectivity index (χ1) is 28.0. The molecule has 0 aliphatic carbocycles. The Balaban J connectivity index is 4.46. The highest BCUT2D eigenvalue weighted by Crippen LogP contribution is 2.38. The molecule has 2 atom stereocenters. The second-order valence-electron chi connectivity index (χ2n) is 15.7. The van der Waals surface area contributed by atoms with Crippen molar-refractivity contribution in [2.45, 2.75) is 161 Å². The molecule has 0 heterocycles. The van der Waals surface area contributed by atoms with Crippen LogP contribution in [0.1, 0.15) is 155 Å². The molecule has 0 aromatic carbocycles. The molecule has 0 rings (SSSR count). The van der Waals surface area contributed by atoms with Crippen LogP contribution in [0.4, 0.5) is 0 Å². The zero-order chi connectivity index (χ0) is 42.8. The van der Waals surface area contributed by atoms with Gasteiger partial charge in [0, 0.05) is 12.8 Å². The van der Waals surface area contributed by atoms with Crippen molar-refractivity contribution in [3.63, 3.8) is 0 Å². The average molecular weight is 832 g/mol. The quantitative estimate of drug-likeness (QED) is 0.0150. The van der Waals surface area contributed by atoms with Crippen LogP contribution in [0.15, 0.2) is 85.1 Å².